The van der Waals surface area contributed by atoms with Crippen LogP contribution in [0.1, 0.15) is 60.8 Å². The van der Waals surface area contributed by atoms with Gasteiger partial charge in [-0.25, -0.2) is 9.67 Å². The maximum Gasteiger partial charge on any atom is 0.397 e. The van der Waals surface area contributed by atoms with Crippen LogP contribution in [-0.2, 0) is 15.6 Å². The number of halogens is 3. The number of rotatable bonds is 14. The summed E-state index contributed by atoms with van der Waals surface area (Å²) in [5.74, 6) is 1.08. The molecule has 14 heteroatoms. The Morgan fingerprint density at radius 1 is 1.36 bits per heavy atom. The number of ketones is 1. The van der Waals surface area contributed by atoms with Crippen LogP contribution >= 0.6 is 0 Å². The van der Waals surface area contributed by atoms with Crippen LogP contribution in [0.3, 0.4) is 0 Å². The van der Waals surface area contributed by atoms with Crippen LogP contribution in [-0.4, -0.2) is 81.1 Å². The van der Waals surface area contributed by atoms with Crippen LogP contribution < -0.4 is 15.8 Å². The van der Waals surface area contributed by atoms with Crippen LogP contribution in [0, 0.1) is 17.3 Å². The molecule has 0 amide bonds. The fourth-order valence-corrected chi connectivity index (χ4v) is 6.29. The van der Waals surface area contributed by atoms with Crippen LogP contribution in [0.15, 0.2) is 51.1 Å². The molecule has 1 saturated carbocycles. The van der Waals surface area contributed by atoms with Gasteiger partial charge in [0.2, 0.25) is 5.88 Å². The highest BCUT2D eigenvalue weighted by atomic mass is 32.2. The van der Waals surface area contributed by atoms with Gasteiger partial charge in [-0.05, 0) is 58.8 Å². The van der Waals surface area contributed by atoms with Crippen molar-refractivity contribution in [3.63, 3.8) is 0 Å². The predicted molar refractivity (Wildman–Crippen MR) is 173 cm³/mol. The Hall–Kier alpha value is -3.26. The molecule has 2 unspecified atom stereocenters. The third-order valence-corrected chi connectivity index (χ3v) is 9.74. The first-order chi connectivity index (χ1) is 21.0. The first-order valence-corrected chi connectivity index (χ1v) is 16.3. The highest BCUT2D eigenvalue weighted by Crippen LogP contribution is 2.57. The Morgan fingerprint density at radius 3 is 2.53 bits per heavy atom. The van der Waals surface area contributed by atoms with E-state index < -0.39 is 29.0 Å². The van der Waals surface area contributed by atoms with E-state index >= 15 is 0 Å². The molecule has 1 aliphatic carbocycles. The van der Waals surface area contributed by atoms with Gasteiger partial charge < -0.3 is 15.4 Å². The summed E-state index contributed by atoms with van der Waals surface area (Å²) in [6, 6.07) is 1.46. The van der Waals surface area contributed by atoms with Crippen LogP contribution in [0.4, 0.5) is 13.2 Å². The molecule has 10 nitrogen and oxygen atoms in total. The highest BCUT2D eigenvalue weighted by Gasteiger charge is 2.64. The number of carbonyl (C=O) groups excluding carboxylic acids is 1. The third-order valence-electron chi connectivity index (χ3n) is 8.35. The highest BCUT2D eigenvalue weighted by molar-refractivity contribution is 7.89. The predicted octanol–water partition coefficient (Wildman–Crippen LogP) is 4.89. The molecular weight excluding hydrogens is 607 g/mol. The van der Waals surface area contributed by atoms with Crippen molar-refractivity contribution in [3.8, 4) is 5.88 Å². The minimum Gasteiger partial charge on any atom is -0.476 e. The van der Waals surface area contributed by atoms with E-state index in [1.54, 1.807) is 27.0 Å². The molecule has 0 aromatic carbocycles. The van der Waals surface area contributed by atoms with Gasteiger partial charge in [-0.2, -0.15) is 13.2 Å². The molecule has 0 spiro atoms. The van der Waals surface area contributed by atoms with Crippen molar-refractivity contribution in [2.45, 2.75) is 72.5 Å². The number of aliphatic imine (C=N–C) groups is 2. The van der Waals surface area contributed by atoms with E-state index in [4.69, 9.17) is 15.5 Å². The second-order valence-electron chi connectivity index (χ2n) is 12.6. The molecule has 1 aromatic rings. The number of hydrogen-bond donors (Lipinski definition) is 2. The van der Waals surface area contributed by atoms with E-state index in [0.717, 1.165) is 6.42 Å². The number of alkyl halides is 3. The van der Waals surface area contributed by atoms with Crippen molar-refractivity contribution in [3.05, 3.63) is 41.1 Å². The summed E-state index contributed by atoms with van der Waals surface area (Å²) in [6.07, 6.45) is 1.25. The summed E-state index contributed by atoms with van der Waals surface area (Å²) >= 11 is 0. The molecule has 0 bridgehead atoms. The standard InChI is InChI=1S/C31H46F3N7O3S/c1-9-24(25(42)15-37-19-45(43)26(16-36-8)21(4)35)28(40-17-23(20(2)3)14-29(40,6)7)38-22(5)41-13-10-27(39-41)44-18-30(11-12-30)31(32,33)34/h9-10,13,16,20,23,37H,5,11-12,14-15,17-19,35H2,1-4,6-8H3/b24-9-,26-21?,36-16?,38-28?. The van der Waals surface area contributed by atoms with E-state index in [1.165, 1.54) is 23.2 Å². The number of likely N-dealkylation sites (tertiary alicyclic amines) is 1. The Bertz CT molecular complexity index is 1400. The first kappa shape index (κ1) is 36.2. The number of ether oxygens (including phenoxy) is 1. The largest absolute Gasteiger partial charge is 0.476 e. The van der Waals surface area contributed by atoms with Crippen molar-refractivity contribution in [1.82, 2.24) is 20.0 Å². The number of nitrogens with one attached hydrogen (secondary N) is 1. The van der Waals surface area contributed by atoms with E-state index in [-0.39, 0.29) is 48.3 Å². The van der Waals surface area contributed by atoms with Gasteiger partial charge >= 0.3 is 6.18 Å². The fourth-order valence-electron chi connectivity index (χ4n) is 5.26. The molecule has 2 aliphatic rings. The van der Waals surface area contributed by atoms with E-state index in [0.29, 0.717) is 40.4 Å². The van der Waals surface area contributed by atoms with E-state index in [2.05, 4.69) is 54.6 Å². The quantitative estimate of drug-likeness (QED) is 0.166. The summed E-state index contributed by atoms with van der Waals surface area (Å²) in [5.41, 5.74) is 4.41. The third kappa shape index (κ3) is 8.72. The van der Waals surface area contributed by atoms with Crippen LogP contribution in [0.25, 0.3) is 5.82 Å². The Kier molecular flexibility index (Phi) is 11.6. The number of Topliss-reactive ketones (excluding diaryl/α,β-unsaturated/α-hetero) is 1. The summed E-state index contributed by atoms with van der Waals surface area (Å²) in [5, 5.41) is 7.22. The Morgan fingerprint density at radius 2 is 2.02 bits per heavy atom. The van der Waals surface area contributed by atoms with Gasteiger partial charge in [-0.15, -0.1) is 5.10 Å². The molecule has 0 radical (unpaired) electrons. The molecule has 3 N–H and O–H groups in total. The maximum atomic E-state index is 13.6. The lowest BCUT2D eigenvalue weighted by molar-refractivity contribution is -0.194. The average Bonchev–Trinajstić information content (AvgIpc) is 3.49. The number of allylic oxidation sites excluding steroid dienone is 3. The number of carbonyl (C=O) groups is 1. The monoisotopic (exact) mass is 653 g/mol. The van der Waals surface area contributed by atoms with E-state index in [9.17, 15) is 22.2 Å². The Balaban J connectivity index is 1.85. The second kappa shape index (κ2) is 14.4. The summed E-state index contributed by atoms with van der Waals surface area (Å²) in [7, 11) is 0.0444. The SMILES string of the molecule is C=C(N=C(/C(=C\C)C(=O)CNCS(=O)C(C=NC)=C(C)N)N1CC(C(C)C)CC1(C)C)n1ccc(OCC2(C(F)(F)F)CC2)n1. The summed E-state index contributed by atoms with van der Waals surface area (Å²) in [6.45, 7) is 16.0. The second-order valence-corrected chi connectivity index (χ2v) is 14.0. The van der Waals surface area contributed by atoms with Crippen molar-refractivity contribution in [1.29, 1.82) is 0 Å². The molecular formula is C31H46F3N7O3S. The lowest BCUT2D eigenvalue weighted by atomic mass is 9.89. The number of amidine groups is 1. The van der Waals surface area contributed by atoms with Gasteiger partial charge in [0.1, 0.15) is 23.7 Å². The zero-order valence-electron chi connectivity index (χ0n) is 27.2. The van der Waals surface area contributed by atoms with Gasteiger partial charge in [-0.1, -0.05) is 26.5 Å². The average molecular weight is 654 g/mol. The zero-order valence-corrected chi connectivity index (χ0v) is 28.0. The maximum absolute atomic E-state index is 13.6. The topological polar surface area (TPSA) is 127 Å². The lowest BCUT2D eigenvalue weighted by Gasteiger charge is -2.35. The zero-order chi connectivity index (χ0) is 33.7. The van der Waals surface area contributed by atoms with Crippen molar-refractivity contribution in [2.75, 3.05) is 32.6 Å². The van der Waals surface area contributed by atoms with Gasteiger partial charge in [-0.3, -0.25) is 19.3 Å². The number of nitrogens with zero attached hydrogens (tertiary/aromatic N) is 5. The smallest absolute Gasteiger partial charge is 0.397 e. The fraction of sp³-hybridized carbons (Fsp3) is 0.613. The first-order valence-electron chi connectivity index (χ1n) is 14.9. The lowest BCUT2D eigenvalue weighted by Crippen LogP contribution is -2.45. The molecule has 3 rings (SSSR count). The number of hydrogen-bond acceptors (Lipinski definition) is 8. The summed E-state index contributed by atoms with van der Waals surface area (Å²) in [4.78, 5) is 24.8. The van der Waals surface area contributed by atoms with Gasteiger partial charge in [0, 0.05) is 43.3 Å². The van der Waals surface area contributed by atoms with E-state index in [1.807, 2.05) is 0 Å². The Labute approximate surface area is 266 Å². The molecule has 1 aliphatic heterocycles. The molecule has 1 saturated heterocycles. The van der Waals surface area contributed by atoms with Crippen LogP contribution in [0.5, 0.6) is 5.88 Å². The van der Waals surface area contributed by atoms with Crippen LogP contribution in [0.2, 0.25) is 0 Å². The molecule has 250 valence electrons. The van der Waals surface area contributed by atoms with Crippen molar-refractivity contribution in [2.24, 2.45) is 33.0 Å². The number of aromatic nitrogens is 2. The summed E-state index contributed by atoms with van der Waals surface area (Å²) < 4.78 is 59.5. The van der Waals surface area contributed by atoms with Gasteiger partial charge in [0.05, 0.1) is 33.7 Å². The number of nitrogens with two attached hydrogens (primary N) is 1. The molecule has 2 fully saturated rings. The molecule has 1 aromatic heterocycles. The molecule has 2 atom stereocenters. The normalized spacial score (nSPS) is 21.3. The van der Waals surface area contributed by atoms with Crippen molar-refractivity contribution >= 4 is 34.5 Å². The van der Waals surface area contributed by atoms with Gasteiger partial charge in [0.15, 0.2) is 5.78 Å². The molecule has 2 heterocycles. The minimum atomic E-state index is -4.33. The van der Waals surface area contributed by atoms with Gasteiger partial charge in [0.25, 0.3) is 0 Å². The minimum absolute atomic E-state index is 0.00582. The molecule has 45 heavy (non-hydrogen) atoms. The van der Waals surface area contributed by atoms with Crippen molar-refractivity contribution < 1.29 is 26.9 Å².